The van der Waals surface area contributed by atoms with Gasteiger partial charge in [0.1, 0.15) is 0 Å². The third-order valence-electron chi connectivity index (χ3n) is 1.58. The third kappa shape index (κ3) is 1.12. The molecule has 0 aromatic heterocycles. The fourth-order valence-electron chi connectivity index (χ4n) is 1.05. The summed E-state index contributed by atoms with van der Waals surface area (Å²) in [6, 6.07) is 0.377. The Kier molecular flexibility index (Phi) is 1.56. The van der Waals surface area contributed by atoms with E-state index in [1.54, 1.807) is 11.8 Å². The van der Waals surface area contributed by atoms with E-state index in [4.69, 9.17) is 0 Å². The molecule has 1 aliphatic heterocycles. The topological polar surface area (TPSA) is 20.3 Å². The first-order valence-electron chi connectivity index (χ1n) is 3.17. The first-order chi connectivity index (χ1) is 4.22. The van der Waals surface area contributed by atoms with Crippen molar-refractivity contribution in [1.29, 1.82) is 0 Å². The summed E-state index contributed by atoms with van der Waals surface area (Å²) in [5.74, 6) is 0.135. The van der Waals surface area contributed by atoms with Gasteiger partial charge in [-0.3, -0.25) is 4.79 Å². The Morgan fingerprint density at radius 1 is 1.78 bits per heavy atom. The minimum Gasteiger partial charge on any atom is -0.317 e. The predicted octanol–water partition coefficient (Wildman–Crippen LogP) is 1.14. The SMILES string of the molecule is CC(=O)N1C=CC[C@H]1C. The van der Waals surface area contributed by atoms with Crippen molar-refractivity contribution >= 4 is 5.91 Å². The average Bonchev–Trinajstić information content (AvgIpc) is 2.13. The molecule has 1 atom stereocenters. The largest absolute Gasteiger partial charge is 0.317 e. The molecule has 0 N–H and O–H groups in total. The molecule has 1 aliphatic rings. The predicted molar refractivity (Wildman–Crippen MR) is 35.7 cm³/mol. The molecule has 0 unspecified atom stereocenters. The van der Waals surface area contributed by atoms with Crippen molar-refractivity contribution in [3.8, 4) is 0 Å². The monoisotopic (exact) mass is 125 g/mol. The molecular weight excluding hydrogens is 114 g/mol. The number of carbonyl (C=O) groups excluding carboxylic acids is 1. The van der Waals surface area contributed by atoms with Crippen LogP contribution in [0.2, 0.25) is 0 Å². The second-order valence-electron chi connectivity index (χ2n) is 2.40. The Labute approximate surface area is 55.2 Å². The van der Waals surface area contributed by atoms with Gasteiger partial charge in [0.2, 0.25) is 5.91 Å². The summed E-state index contributed by atoms with van der Waals surface area (Å²) in [4.78, 5) is 12.5. The highest BCUT2D eigenvalue weighted by Crippen LogP contribution is 2.12. The van der Waals surface area contributed by atoms with E-state index in [0.717, 1.165) is 6.42 Å². The van der Waals surface area contributed by atoms with E-state index in [0.29, 0.717) is 6.04 Å². The molecule has 0 aromatic rings. The van der Waals surface area contributed by atoms with E-state index in [1.807, 2.05) is 19.2 Å². The molecule has 0 bridgehead atoms. The Morgan fingerprint density at radius 3 is 2.67 bits per heavy atom. The van der Waals surface area contributed by atoms with Gasteiger partial charge in [-0.15, -0.1) is 0 Å². The van der Waals surface area contributed by atoms with Gasteiger partial charge in [0, 0.05) is 19.2 Å². The van der Waals surface area contributed by atoms with Crippen LogP contribution in [0.3, 0.4) is 0 Å². The second kappa shape index (κ2) is 2.21. The van der Waals surface area contributed by atoms with Crippen molar-refractivity contribution in [2.75, 3.05) is 0 Å². The van der Waals surface area contributed by atoms with Crippen molar-refractivity contribution in [1.82, 2.24) is 4.90 Å². The fourth-order valence-corrected chi connectivity index (χ4v) is 1.05. The van der Waals surface area contributed by atoms with Crippen LogP contribution >= 0.6 is 0 Å². The number of nitrogens with zero attached hydrogens (tertiary/aromatic N) is 1. The van der Waals surface area contributed by atoms with E-state index < -0.39 is 0 Å². The number of carbonyl (C=O) groups is 1. The van der Waals surface area contributed by atoms with E-state index in [1.165, 1.54) is 0 Å². The maximum absolute atomic E-state index is 10.7. The van der Waals surface area contributed by atoms with E-state index in [-0.39, 0.29) is 5.91 Å². The van der Waals surface area contributed by atoms with Crippen LogP contribution in [0.4, 0.5) is 0 Å². The Balaban J connectivity index is 2.59. The smallest absolute Gasteiger partial charge is 0.223 e. The highest BCUT2D eigenvalue weighted by atomic mass is 16.2. The molecule has 0 aliphatic carbocycles. The molecular formula is C7H11NO. The Hall–Kier alpha value is -0.790. The van der Waals surface area contributed by atoms with Crippen LogP contribution in [0, 0.1) is 0 Å². The highest BCUT2D eigenvalue weighted by molar-refractivity contribution is 5.75. The molecule has 0 radical (unpaired) electrons. The molecule has 0 aromatic carbocycles. The summed E-state index contributed by atoms with van der Waals surface area (Å²) in [6.45, 7) is 3.63. The first kappa shape index (κ1) is 6.33. The molecule has 0 saturated carbocycles. The van der Waals surface area contributed by atoms with Gasteiger partial charge in [-0.25, -0.2) is 0 Å². The lowest BCUT2D eigenvalue weighted by molar-refractivity contribution is -0.127. The van der Waals surface area contributed by atoms with Crippen molar-refractivity contribution in [2.24, 2.45) is 0 Å². The van der Waals surface area contributed by atoms with E-state index in [9.17, 15) is 4.79 Å². The van der Waals surface area contributed by atoms with Crippen molar-refractivity contribution in [2.45, 2.75) is 26.3 Å². The van der Waals surface area contributed by atoms with Crippen LogP contribution < -0.4 is 0 Å². The molecule has 1 rings (SSSR count). The van der Waals surface area contributed by atoms with Crippen LogP contribution in [0.15, 0.2) is 12.3 Å². The summed E-state index contributed by atoms with van der Waals surface area (Å²) in [5, 5.41) is 0. The quantitative estimate of drug-likeness (QED) is 0.475. The maximum Gasteiger partial charge on any atom is 0.223 e. The van der Waals surface area contributed by atoms with Crippen LogP contribution in [0.1, 0.15) is 20.3 Å². The van der Waals surface area contributed by atoms with Gasteiger partial charge in [0.05, 0.1) is 0 Å². The standard InChI is InChI=1S/C7H11NO/c1-6-4-3-5-8(6)7(2)9/h3,5-6H,4H2,1-2H3/t6-/m1/s1. The van der Waals surface area contributed by atoms with Gasteiger partial charge in [-0.1, -0.05) is 6.08 Å². The van der Waals surface area contributed by atoms with E-state index >= 15 is 0 Å². The average molecular weight is 125 g/mol. The Morgan fingerprint density at radius 2 is 2.44 bits per heavy atom. The summed E-state index contributed by atoms with van der Waals surface area (Å²) >= 11 is 0. The van der Waals surface area contributed by atoms with Gasteiger partial charge in [-0.2, -0.15) is 0 Å². The second-order valence-corrected chi connectivity index (χ2v) is 2.40. The van der Waals surface area contributed by atoms with Crippen LogP contribution in [-0.2, 0) is 4.79 Å². The minimum absolute atomic E-state index is 0.135. The summed E-state index contributed by atoms with van der Waals surface area (Å²) in [7, 11) is 0. The molecule has 1 amide bonds. The van der Waals surface area contributed by atoms with Crippen molar-refractivity contribution in [3.05, 3.63) is 12.3 Å². The van der Waals surface area contributed by atoms with Gasteiger partial charge < -0.3 is 4.90 Å². The normalized spacial score (nSPS) is 25.1. The van der Waals surface area contributed by atoms with Crippen molar-refractivity contribution in [3.63, 3.8) is 0 Å². The van der Waals surface area contributed by atoms with Crippen molar-refractivity contribution < 1.29 is 4.79 Å². The molecule has 0 fully saturated rings. The molecule has 0 saturated heterocycles. The van der Waals surface area contributed by atoms with Gasteiger partial charge in [-0.05, 0) is 13.3 Å². The van der Waals surface area contributed by atoms with E-state index in [2.05, 4.69) is 0 Å². The number of amides is 1. The zero-order chi connectivity index (χ0) is 6.85. The zero-order valence-electron chi connectivity index (χ0n) is 5.79. The molecule has 9 heavy (non-hydrogen) atoms. The lowest BCUT2D eigenvalue weighted by Gasteiger charge is -2.17. The minimum atomic E-state index is 0.135. The van der Waals surface area contributed by atoms with Gasteiger partial charge in [0.25, 0.3) is 0 Å². The molecule has 50 valence electrons. The van der Waals surface area contributed by atoms with Gasteiger partial charge >= 0.3 is 0 Å². The summed E-state index contributed by atoms with van der Waals surface area (Å²) in [5.41, 5.74) is 0. The number of hydrogen-bond donors (Lipinski definition) is 0. The molecule has 2 heteroatoms. The first-order valence-corrected chi connectivity index (χ1v) is 3.17. The van der Waals surface area contributed by atoms with Crippen LogP contribution in [0.25, 0.3) is 0 Å². The summed E-state index contributed by atoms with van der Waals surface area (Å²) < 4.78 is 0. The fraction of sp³-hybridized carbons (Fsp3) is 0.571. The molecule has 2 nitrogen and oxygen atoms in total. The van der Waals surface area contributed by atoms with Crippen LogP contribution in [-0.4, -0.2) is 16.8 Å². The highest BCUT2D eigenvalue weighted by Gasteiger charge is 2.16. The number of rotatable bonds is 0. The third-order valence-corrected chi connectivity index (χ3v) is 1.58. The lowest BCUT2D eigenvalue weighted by Crippen LogP contribution is -2.27. The summed E-state index contributed by atoms with van der Waals surface area (Å²) in [6.07, 6.45) is 4.87. The Bertz CT molecular complexity index is 151. The lowest BCUT2D eigenvalue weighted by atomic mass is 10.3. The van der Waals surface area contributed by atoms with Crippen LogP contribution in [0.5, 0.6) is 0 Å². The molecule has 0 spiro atoms. The maximum atomic E-state index is 10.7. The van der Waals surface area contributed by atoms with Gasteiger partial charge in [0.15, 0.2) is 0 Å². The zero-order valence-corrected chi connectivity index (χ0v) is 5.79. The number of hydrogen-bond acceptors (Lipinski definition) is 1. The molecule has 1 heterocycles.